The van der Waals surface area contributed by atoms with Gasteiger partial charge in [0.2, 0.25) is 0 Å². The summed E-state index contributed by atoms with van der Waals surface area (Å²) < 4.78 is 17.6. The monoisotopic (exact) mass is 246 g/mol. The number of carbonyl (C=O) groups is 1. The maximum atomic E-state index is 12.2. The first-order valence-electron chi connectivity index (χ1n) is 6.20. The lowest BCUT2D eigenvalue weighted by atomic mass is 10.2. The smallest absolute Gasteiger partial charge is 0.410 e. The van der Waals surface area contributed by atoms with Crippen LogP contribution in [0, 0.1) is 0 Å². The van der Waals surface area contributed by atoms with Crippen LogP contribution in [0.5, 0.6) is 0 Å². The van der Waals surface area contributed by atoms with Gasteiger partial charge in [0.25, 0.3) is 0 Å². The number of hydrogen-bond donors (Lipinski definition) is 1. The molecule has 0 bridgehead atoms. The Morgan fingerprint density at radius 2 is 2.24 bits per heavy atom. The molecule has 1 fully saturated rings. The number of alkyl halides is 1. The SMILES string of the molecule is CC(C)(C)OC(=O)N(CCCF)[C@H]1CCNC1. The van der Waals surface area contributed by atoms with E-state index >= 15 is 0 Å². The zero-order chi connectivity index (χ0) is 12.9. The van der Waals surface area contributed by atoms with Gasteiger partial charge in [0.05, 0.1) is 6.67 Å². The summed E-state index contributed by atoms with van der Waals surface area (Å²) in [5, 5.41) is 3.20. The lowest BCUT2D eigenvalue weighted by molar-refractivity contribution is 0.0171. The van der Waals surface area contributed by atoms with Crippen molar-refractivity contribution in [3.05, 3.63) is 0 Å². The third-order valence-electron chi connectivity index (χ3n) is 2.64. The highest BCUT2D eigenvalue weighted by molar-refractivity contribution is 5.68. The Labute approximate surface area is 102 Å². The van der Waals surface area contributed by atoms with E-state index in [2.05, 4.69) is 5.32 Å². The minimum atomic E-state index is -0.503. The molecule has 17 heavy (non-hydrogen) atoms. The Morgan fingerprint density at radius 3 is 2.71 bits per heavy atom. The van der Waals surface area contributed by atoms with E-state index in [1.807, 2.05) is 20.8 Å². The molecular weight excluding hydrogens is 223 g/mol. The molecule has 5 heteroatoms. The van der Waals surface area contributed by atoms with Gasteiger partial charge < -0.3 is 15.0 Å². The summed E-state index contributed by atoms with van der Waals surface area (Å²) in [5.41, 5.74) is -0.503. The first kappa shape index (κ1) is 14.2. The quantitative estimate of drug-likeness (QED) is 0.824. The molecule has 0 spiro atoms. The molecule has 1 saturated heterocycles. The van der Waals surface area contributed by atoms with Crippen LogP contribution in [0.4, 0.5) is 9.18 Å². The van der Waals surface area contributed by atoms with Crippen LogP contribution < -0.4 is 5.32 Å². The lowest BCUT2D eigenvalue weighted by Gasteiger charge is -2.31. The van der Waals surface area contributed by atoms with Gasteiger partial charge in [-0.25, -0.2) is 4.79 Å². The van der Waals surface area contributed by atoms with Crippen molar-refractivity contribution < 1.29 is 13.9 Å². The Bertz CT molecular complexity index is 247. The predicted octanol–water partition coefficient (Wildman–Crippen LogP) is 1.95. The van der Waals surface area contributed by atoms with Crippen LogP contribution >= 0.6 is 0 Å². The Morgan fingerprint density at radius 1 is 1.53 bits per heavy atom. The number of nitrogens with one attached hydrogen (secondary N) is 1. The van der Waals surface area contributed by atoms with Gasteiger partial charge in [0, 0.05) is 19.1 Å². The largest absolute Gasteiger partial charge is 0.444 e. The van der Waals surface area contributed by atoms with E-state index in [1.165, 1.54) is 0 Å². The fourth-order valence-corrected chi connectivity index (χ4v) is 1.88. The molecule has 0 unspecified atom stereocenters. The average Bonchev–Trinajstić information content (AvgIpc) is 2.68. The first-order chi connectivity index (χ1) is 7.94. The van der Waals surface area contributed by atoms with Crippen LogP contribution in [-0.4, -0.2) is 48.9 Å². The molecule has 0 aliphatic carbocycles. The molecule has 100 valence electrons. The van der Waals surface area contributed by atoms with Gasteiger partial charge in [-0.05, 0) is 40.2 Å². The maximum absolute atomic E-state index is 12.2. The van der Waals surface area contributed by atoms with Gasteiger partial charge in [0.1, 0.15) is 5.60 Å². The maximum Gasteiger partial charge on any atom is 0.410 e. The number of carbonyl (C=O) groups excluding carboxylic acids is 1. The lowest BCUT2D eigenvalue weighted by Crippen LogP contribution is -2.45. The molecule has 1 amide bonds. The van der Waals surface area contributed by atoms with Gasteiger partial charge >= 0.3 is 6.09 Å². The fraction of sp³-hybridized carbons (Fsp3) is 0.917. The molecule has 4 nitrogen and oxygen atoms in total. The molecule has 1 heterocycles. The average molecular weight is 246 g/mol. The fourth-order valence-electron chi connectivity index (χ4n) is 1.88. The Hall–Kier alpha value is -0.840. The van der Waals surface area contributed by atoms with Crippen molar-refractivity contribution in [2.24, 2.45) is 0 Å². The summed E-state index contributed by atoms with van der Waals surface area (Å²) in [5.74, 6) is 0. The number of hydrogen-bond acceptors (Lipinski definition) is 3. The second-order valence-electron chi connectivity index (χ2n) is 5.36. The van der Waals surface area contributed by atoms with Gasteiger partial charge in [-0.3, -0.25) is 4.39 Å². The summed E-state index contributed by atoms with van der Waals surface area (Å²) in [6.45, 7) is 7.21. The molecule has 1 rings (SSSR count). The number of halogens is 1. The molecular formula is C12H23FN2O2. The standard InChI is InChI=1S/C12H23FN2O2/c1-12(2,3)17-11(16)15(8-4-6-13)10-5-7-14-9-10/h10,14H,4-9H2,1-3H3/t10-/m0/s1. The molecule has 0 radical (unpaired) electrons. The van der Waals surface area contributed by atoms with Gasteiger partial charge in [0.15, 0.2) is 0 Å². The van der Waals surface area contributed by atoms with Crippen molar-refractivity contribution in [2.45, 2.75) is 45.3 Å². The highest BCUT2D eigenvalue weighted by Gasteiger charge is 2.29. The van der Waals surface area contributed by atoms with Crippen LogP contribution in [-0.2, 0) is 4.74 Å². The topological polar surface area (TPSA) is 41.6 Å². The second kappa shape index (κ2) is 6.19. The van der Waals surface area contributed by atoms with Crippen molar-refractivity contribution in [3.8, 4) is 0 Å². The van der Waals surface area contributed by atoms with E-state index < -0.39 is 12.3 Å². The van der Waals surface area contributed by atoms with Gasteiger partial charge in [-0.2, -0.15) is 0 Å². The number of ether oxygens (including phenoxy) is 1. The molecule has 1 atom stereocenters. The van der Waals surface area contributed by atoms with Crippen LogP contribution in [0.2, 0.25) is 0 Å². The highest BCUT2D eigenvalue weighted by atomic mass is 19.1. The minimum absolute atomic E-state index is 0.136. The normalized spacial score (nSPS) is 20.4. The van der Waals surface area contributed by atoms with E-state index in [4.69, 9.17) is 4.74 Å². The summed E-state index contributed by atoms with van der Waals surface area (Å²) in [6, 6.07) is 0.136. The van der Waals surface area contributed by atoms with Crippen molar-refractivity contribution >= 4 is 6.09 Å². The van der Waals surface area contributed by atoms with Crippen LogP contribution in [0.3, 0.4) is 0 Å². The molecule has 0 saturated carbocycles. The zero-order valence-electron chi connectivity index (χ0n) is 11.0. The molecule has 0 aromatic rings. The summed E-state index contributed by atoms with van der Waals surface area (Å²) in [7, 11) is 0. The number of amides is 1. The van der Waals surface area contributed by atoms with E-state index in [-0.39, 0.29) is 12.1 Å². The third-order valence-corrected chi connectivity index (χ3v) is 2.64. The zero-order valence-corrected chi connectivity index (χ0v) is 11.0. The molecule has 1 aliphatic heterocycles. The first-order valence-corrected chi connectivity index (χ1v) is 6.20. The third kappa shape index (κ3) is 4.89. The van der Waals surface area contributed by atoms with Crippen LogP contribution in [0.15, 0.2) is 0 Å². The summed E-state index contributed by atoms with van der Waals surface area (Å²) in [4.78, 5) is 13.7. The molecule has 1 aliphatic rings. The number of nitrogens with zero attached hydrogens (tertiary/aromatic N) is 1. The summed E-state index contributed by atoms with van der Waals surface area (Å²) >= 11 is 0. The van der Waals surface area contributed by atoms with E-state index in [0.29, 0.717) is 13.0 Å². The van der Waals surface area contributed by atoms with Crippen molar-refractivity contribution in [2.75, 3.05) is 26.3 Å². The van der Waals surface area contributed by atoms with Crippen molar-refractivity contribution in [3.63, 3.8) is 0 Å². The molecule has 0 aromatic heterocycles. The predicted molar refractivity (Wildman–Crippen MR) is 64.8 cm³/mol. The number of rotatable bonds is 4. The van der Waals surface area contributed by atoms with Crippen molar-refractivity contribution in [1.29, 1.82) is 0 Å². The minimum Gasteiger partial charge on any atom is -0.444 e. The Balaban J connectivity index is 2.57. The summed E-state index contributed by atoms with van der Waals surface area (Å²) in [6.07, 6.45) is 0.945. The van der Waals surface area contributed by atoms with E-state index in [9.17, 15) is 9.18 Å². The van der Waals surface area contributed by atoms with Crippen LogP contribution in [0.1, 0.15) is 33.6 Å². The van der Waals surface area contributed by atoms with Gasteiger partial charge in [-0.1, -0.05) is 0 Å². The molecule has 1 N–H and O–H groups in total. The highest BCUT2D eigenvalue weighted by Crippen LogP contribution is 2.15. The van der Waals surface area contributed by atoms with Crippen molar-refractivity contribution in [1.82, 2.24) is 10.2 Å². The molecule has 0 aromatic carbocycles. The van der Waals surface area contributed by atoms with E-state index in [0.717, 1.165) is 19.5 Å². The Kier molecular flexibility index (Phi) is 5.18. The van der Waals surface area contributed by atoms with Crippen LogP contribution in [0.25, 0.3) is 0 Å². The van der Waals surface area contributed by atoms with E-state index in [1.54, 1.807) is 4.90 Å². The second-order valence-corrected chi connectivity index (χ2v) is 5.36. The van der Waals surface area contributed by atoms with Gasteiger partial charge in [-0.15, -0.1) is 0 Å².